The lowest BCUT2D eigenvalue weighted by Gasteiger charge is -2.32. The van der Waals surface area contributed by atoms with Crippen molar-refractivity contribution in [3.8, 4) is 5.75 Å². The van der Waals surface area contributed by atoms with E-state index in [0.717, 1.165) is 28.6 Å². The molecule has 1 fully saturated rings. The number of benzene rings is 1. The minimum atomic E-state index is -0.224. The molecule has 0 saturated carbocycles. The van der Waals surface area contributed by atoms with Gasteiger partial charge in [0.05, 0.1) is 18.9 Å². The van der Waals surface area contributed by atoms with Crippen LogP contribution in [0.25, 0.3) is 0 Å². The second-order valence-electron chi connectivity index (χ2n) is 7.33. The minimum absolute atomic E-state index is 0.0228. The molecule has 1 saturated heterocycles. The van der Waals surface area contributed by atoms with Gasteiger partial charge in [0.2, 0.25) is 11.8 Å². The smallest absolute Gasteiger partial charge is 0.230 e. The summed E-state index contributed by atoms with van der Waals surface area (Å²) in [5, 5.41) is 2.84. The lowest BCUT2D eigenvalue weighted by atomic mass is 9.97. The zero-order valence-electron chi connectivity index (χ0n) is 16.8. The first-order valence-electron chi connectivity index (χ1n) is 9.83. The molecule has 1 aliphatic heterocycles. The van der Waals surface area contributed by atoms with Crippen LogP contribution in [0.4, 0.5) is 5.82 Å². The van der Waals surface area contributed by atoms with E-state index in [-0.39, 0.29) is 17.7 Å². The van der Waals surface area contributed by atoms with Gasteiger partial charge in [0.1, 0.15) is 11.6 Å². The summed E-state index contributed by atoms with van der Waals surface area (Å²) in [4.78, 5) is 31.1. The summed E-state index contributed by atoms with van der Waals surface area (Å²) in [6, 6.07) is 9.49. The number of aryl methyl sites for hydroxylation is 1. The number of rotatable bonds is 6. The lowest BCUT2D eigenvalue weighted by molar-refractivity contribution is -0.135. The first-order valence-corrected chi connectivity index (χ1v) is 10.6. The fourth-order valence-corrected chi connectivity index (χ4v) is 3.62. The summed E-state index contributed by atoms with van der Waals surface area (Å²) in [6.45, 7) is 5.50. The van der Waals surface area contributed by atoms with Gasteiger partial charge in [0.25, 0.3) is 0 Å². The van der Waals surface area contributed by atoms with Gasteiger partial charge in [-0.1, -0.05) is 12.1 Å². The molecule has 0 radical (unpaired) electrons. The molecular formula is C22H26BrN3O3. The van der Waals surface area contributed by atoms with Gasteiger partial charge in [-0.15, -0.1) is 0 Å². The van der Waals surface area contributed by atoms with Crippen molar-refractivity contribution >= 4 is 33.6 Å². The van der Waals surface area contributed by atoms with Crippen molar-refractivity contribution in [1.29, 1.82) is 0 Å². The molecule has 0 aliphatic carbocycles. The maximum Gasteiger partial charge on any atom is 0.230 e. The summed E-state index contributed by atoms with van der Waals surface area (Å²) in [5.74, 6) is 1.04. The van der Waals surface area contributed by atoms with Crippen LogP contribution in [0.1, 0.15) is 30.4 Å². The molecule has 0 bridgehead atoms. The molecule has 1 aromatic heterocycles. The number of carbonyl (C=O) groups excluding carboxylic acids is 2. The Morgan fingerprint density at radius 1 is 1.28 bits per heavy atom. The molecule has 2 heterocycles. The summed E-state index contributed by atoms with van der Waals surface area (Å²) in [6.07, 6.45) is 3.53. The van der Waals surface area contributed by atoms with Crippen molar-refractivity contribution in [2.45, 2.75) is 33.1 Å². The van der Waals surface area contributed by atoms with Crippen molar-refractivity contribution in [1.82, 2.24) is 9.88 Å². The minimum Gasteiger partial charge on any atom is -0.493 e. The van der Waals surface area contributed by atoms with Crippen molar-refractivity contribution in [3.05, 3.63) is 52.1 Å². The normalized spacial score (nSPS) is 16.4. The number of amides is 2. The van der Waals surface area contributed by atoms with Gasteiger partial charge < -0.3 is 15.0 Å². The Morgan fingerprint density at radius 3 is 2.86 bits per heavy atom. The van der Waals surface area contributed by atoms with E-state index >= 15 is 0 Å². The van der Waals surface area contributed by atoms with Crippen molar-refractivity contribution in [2.75, 3.05) is 25.0 Å². The standard InChI is InChI=1S/C22H26BrN3O3/c1-15-5-3-7-19(16(15)2)29-12-10-21(27)26-11-4-6-17(14-26)22(28)25-20-9-8-18(23)13-24-20/h3,5,7-9,13,17H,4,6,10-12,14H2,1-2H3,(H,24,25,28). The van der Waals surface area contributed by atoms with Crippen LogP contribution >= 0.6 is 15.9 Å². The Morgan fingerprint density at radius 2 is 2.10 bits per heavy atom. The number of hydrogen-bond donors (Lipinski definition) is 1. The maximum absolute atomic E-state index is 12.6. The Bertz CT molecular complexity index is 870. The predicted octanol–water partition coefficient (Wildman–Crippen LogP) is 4.11. The number of nitrogens with one attached hydrogen (secondary N) is 1. The van der Waals surface area contributed by atoms with E-state index in [4.69, 9.17) is 4.74 Å². The van der Waals surface area contributed by atoms with Gasteiger partial charge in [-0.05, 0) is 71.9 Å². The zero-order valence-corrected chi connectivity index (χ0v) is 18.4. The largest absolute Gasteiger partial charge is 0.493 e. The lowest BCUT2D eigenvalue weighted by Crippen LogP contribution is -2.44. The van der Waals surface area contributed by atoms with Crippen LogP contribution in [0.2, 0.25) is 0 Å². The summed E-state index contributed by atoms with van der Waals surface area (Å²) < 4.78 is 6.66. The quantitative estimate of drug-likeness (QED) is 0.705. The second kappa shape index (κ2) is 9.87. The molecule has 2 aromatic rings. The van der Waals surface area contributed by atoms with Gasteiger partial charge in [0.15, 0.2) is 0 Å². The van der Waals surface area contributed by atoms with Gasteiger partial charge in [-0.2, -0.15) is 0 Å². The van der Waals surface area contributed by atoms with Crippen LogP contribution in [-0.4, -0.2) is 41.4 Å². The van der Waals surface area contributed by atoms with Crippen LogP contribution in [0.5, 0.6) is 5.75 Å². The highest BCUT2D eigenvalue weighted by Crippen LogP contribution is 2.22. The number of piperidine rings is 1. The molecule has 1 aliphatic rings. The van der Waals surface area contributed by atoms with E-state index in [2.05, 4.69) is 26.2 Å². The average molecular weight is 460 g/mol. The number of carbonyl (C=O) groups is 2. The SMILES string of the molecule is Cc1cccc(OCCC(=O)N2CCCC(C(=O)Nc3ccc(Br)cn3)C2)c1C. The van der Waals surface area contributed by atoms with Crippen LogP contribution in [0, 0.1) is 19.8 Å². The summed E-state index contributed by atoms with van der Waals surface area (Å²) in [7, 11) is 0. The monoisotopic (exact) mass is 459 g/mol. The van der Waals surface area contributed by atoms with E-state index < -0.39 is 0 Å². The highest BCUT2D eigenvalue weighted by molar-refractivity contribution is 9.10. The predicted molar refractivity (Wildman–Crippen MR) is 116 cm³/mol. The third kappa shape index (κ3) is 5.79. The Kier molecular flexibility index (Phi) is 7.25. The number of halogens is 1. The summed E-state index contributed by atoms with van der Waals surface area (Å²) >= 11 is 3.33. The van der Waals surface area contributed by atoms with E-state index in [1.807, 2.05) is 38.1 Å². The number of pyridine rings is 1. The van der Waals surface area contributed by atoms with Crippen molar-refractivity contribution in [3.63, 3.8) is 0 Å². The third-order valence-electron chi connectivity index (χ3n) is 5.25. The van der Waals surface area contributed by atoms with E-state index in [1.54, 1.807) is 17.2 Å². The van der Waals surface area contributed by atoms with Crippen molar-refractivity contribution in [2.24, 2.45) is 5.92 Å². The first kappa shape index (κ1) is 21.3. The molecule has 1 aromatic carbocycles. The number of likely N-dealkylation sites (tertiary alicyclic amines) is 1. The van der Waals surface area contributed by atoms with Gasteiger partial charge in [0, 0.05) is 23.8 Å². The first-order chi connectivity index (χ1) is 13.9. The van der Waals surface area contributed by atoms with Gasteiger partial charge in [-0.25, -0.2) is 4.98 Å². The van der Waals surface area contributed by atoms with Crippen LogP contribution < -0.4 is 10.1 Å². The van der Waals surface area contributed by atoms with Crippen LogP contribution in [-0.2, 0) is 9.59 Å². The number of aromatic nitrogens is 1. The Hall–Kier alpha value is -2.41. The number of anilines is 1. The molecular weight excluding hydrogens is 434 g/mol. The maximum atomic E-state index is 12.6. The molecule has 0 spiro atoms. The molecule has 3 rings (SSSR count). The summed E-state index contributed by atoms with van der Waals surface area (Å²) in [5.41, 5.74) is 2.26. The molecule has 29 heavy (non-hydrogen) atoms. The Balaban J connectivity index is 1.49. The molecule has 1 N–H and O–H groups in total. The molecule has 2 amide bonds. The van der Waals surface area contributed by atoms with Gasteiger partial charge >= 0.3 is 0 Å². The third-order valence-corrected chi connectivity index (χ3v) is 5.72. The van der Waals surface area contributed by atoms with Crippen molar-refractivity contribution < 1.29 is 14.3 Å². The zero-order chi connectivity index (χ0) is 20.8. The highest BCUT2D eigenvalue weighted by Gasteiger charge is 2.28. The Labute approximate surface area is 179 Å². The topological polar surface area (TPSA) is 71.5 Å². The van der Waals surface area contributed by atoms with E-state index in [1.165, 1.54) is 5.56 Å². The average Bonchev–Trinajstić information content (AvgIpc) is 2.73. The molecule has 154 valence electrons. The number of hydrogen-bond acceptors (Lipinski definition) is 4. The fraction of sp³-hybridized carbons (Fsp3) is 0.409. The highest BCUT2D eigenvalue weighted by atomic mass is 79.9. The second-order valence-corrected chi connectivity index (χ2v) is 8.24. The van der Waals surface area contributed by atoms with Crippen LogP contribution in [0.3, 0.4) is 0 Å². The molecule has 1 atom stereocenters. The fourth-order valence-electron chi connectivity index (χ4n) is 3.38. The molecule has 6 nitrogen and oxygen atoms in total. The number of nitrogens with zero attached hydrogens (tertiary/aromatic N) is 2. The van der Waals surface area contributed by atoms with Gasteiger partial charge in [-0.3, -0.25) is 9.59 Å². The molecule has 7 heteroatoms. The molecule has 1 unspecified atom stereocenters. The van der Waals surface area contributed by atoms with E-state index in [0.29, 0.717) is 31.9 Å². The van der Waals surface area contributed by atoms with E-state index in [9.17, 15) is 9.59 Å². The number of ether oxygens (including phenoxy) is 1. The van der Waals surface area contributed by atoms with Crippen LogP contribution in [0.15, 0.2) is 41.0 Å².